The van der Waals surface area contributed by atoms with Gasteiger partial charge in [0, 0.05) is 45.3 Å². The molecule has 1 fully saturated rings. The summed E-state index contributed by atoms with van der Waals surface area (Å²) >= 11 is 5.46. The molecule has 1 aromatic rings. The van der Waals surface area contributed by atoms with Crippen LogP contribution in [0.4, 0.5) is 0 Å². The molecule has 8 heteroatoms. The molecule has 0 spiro atoms. The van der Waals surface area contributed by atoms with Crippen molar-refractivity contribution >= 4 is 23.0 Å². The van der Waals surface area contributed by atoms with E-state index in [0.29, 0.717) is 18.1 Å². The van der Waals surface area contributed by atoms with E-state index in [9.17, 15) is 0 Å². The van der Waals surface area contributed by atoms with Gasteiger partial charge in [-0.2, -0.15) is 5.10 Å². The normalized spacial score (nSPS) is 19.8. The lowest BCUT2D eigenvalue weighted by atomic mass is 10.1. The molecule has 130 valence electrons. The maximum Gasteiger partial charge on any atom is 0.189 e. The van der Waals surface area contributed by atoms with Crippen LogP contribution in [0.3, 0.4) is 0 Å². The SMILES string of the molecule is Cc1ccnc2c1OCC/C2=N/NC(=S)N1CCN(CCO)CC1. The van der Waals surface area contributed by atoms with Gasteiger partial charge in [-0.1, -0.05) is 0 Å². The minimum absolute atomic E-state index is 0.199. The lowest BCUT2D eigenvalue weighted by Crippen LogP contribution is -2.51. The standard InChI is InChI=1S/C16H23N5O2S/c1-12-2-4-17-14-13(3-11-23-15(12)14)18-19-16(24)21-7-5-20(6-8-21)9-10-22/h2,4,22H,3,5-11H2,1H3,(H,19,24)/b18-13-. The van der Waals surface area contributed by atoms with Crippen LogP contribution < -0.4 is 10.2 Å². The summed E-state index contributed by atoms with van der Waals surface area (Å²) < 4.78 is 5.70. The van der Waals surface area contributed by atoms with E-state index >= 15 is 0 Å². The summed E-state index contributed by atoms with van der Waals surface area (Å²) in [5.74, 6) is 0.813. The Morgan fingerprint density at radius 1 is 1.42 bits per heavy atom. The van der Waals surface area contributed by atoms with Crippen LogP contribution in [0.1, 0.15) is 17.7 Å². The molecule has 0 amide bonds. The Morgan fingerprint density at radius 3 is 2.96 bits per heavy atom. The van der Waals surface area contributed by atoms with Crippen LogP contribution >= 0.6 is 12.2 Å². The summed E-state index contributed by atoms with van der Waals surface area (Å²) in [5.41, 5.74) is 5.75. The highest BCUT2D eigenvalue weighted by Crippen LogP contribution is 2.26. The van der Waals surface area contributed by atoms with Crippen molar-refractivity contribution in [1.82, 2.24) is 20.2 Å². The monoisotopic (exact) mass is 349 g/mol. The second kappa shape index (κ2) is 7.87. The number of ether oxygens (including phenoxy) is 1. The Balaban J connectivity index is 1.61. The van der Waals surface area contributed by atoms with Crippen LogP contribution in [0.2, 0.25) is 0 Å². The minimum Gasteiger partial charge on any atom is -0.491 e. The van der Waals surface area contributed by atoms with Gasteiger partial charge < -0.3 is 14.7 Å². The predicted octanol–water partition coefficient (Wildman–Crippen LogP) is 0.361. The number of aromatic nitrogens is 1. The molecule has 3 heterocycles. The molecule has 0 unspecified atom stereocenters. The Morgan fingerprint density at radius 2 is 2.21 bits per heavy atom. The molecule has 2 N–H and O–H groups in total. The molecule has 0 bridgehead atoms. The summed E-state index contributed by atoms with van der Waals surface area (Å²) in [6.45, 7) is 7.01. The van der Waals surface area contributed by atoms with Gasteiger partial charge in [-0.05, 0) is 30.8 Å². The maximum absolute atomic E-state index is 8.99. The fourth-order valence-corrected chi connectivity index (χ4v) is 3.14. The topological polar surface area (TPSA) is 73.2 Å². The molecular formula is C16H23N5O2S. The van der Waals surface area contributed by atoms with Gasteiger partial charge in [-0.25, -0.2) is 0 Å². The molecule has 3 rings (SSSR count). The largest absolute Gasteiger partial charge is 0.491 e. The molecule has 24 heavy (non-hydrogen) atoms. The first-order chi connectivity index (χ1) is 11.7. The number of rotatable bonds is 3. The third-order valence-electron chi connectivity index (χ3n) is 4.32. The summed E-state index contributed by atoms with van der Waals surface area (Å²) in [5, 5.41) is 14.1. The van der Waals surface area contributed by atoms with Crippen molar-refractivity contribution in [2.45, 2.75) is 13.3 Å². The molecule has 1 saturated heterocycles. The third kappa shape index (κ3) is 3.82. The van der Waals surface area contributed by atoms with Gasteiger partial charge in [-0.3, -0.25) is 15.3 Å². The van der Waals surface area contributed by atoms with E-state index in [1.165, 1.54) is 0 Å². The number of aliphatic hydroxyl groups is 1. The number of piperazine rings is 1. The number of pyridine rings is 1. The first-order valence-electron chi connectivity index (χ1n) is 8.22. The number of fused-ring (bicyclic) bond motifs is 1. The van der Waals surface area contributed by atoms with Gasteiger partial charge in [-0.15, -0.1) is 0 Å². The zero-order valence-corrected chi connectivity index (χ0v) is 14.7. The number of aliphatic hydroxyl groups excluding tert-OH is 1. The van der Waals surface area contributed by atoms with E-state index in [2.05, 4.69) is 25.3 Å². The van der Waals surface area contributed by atoms with Crippen LogP contribution in [0.5, 0.6) is 5.75 Å². The van der Waals surface area contributed by atoms with Crippen molar-refractivity contribution in [3.63, 3.8) is 0 Å². The van der Waals surface area contributed by atoms with Gasteiger partial charge in [0.25, 0.3) is 0 Å². The van der Waals surface area contributed by atoms with Gasteiger partial charge in [0.15, 0.2) is 5.11 Å². The van der Waals surface area contributed by atoms with Crippen molar-refractivity contribution in [2.24, 2.45) is 5.10 Å². The molecule has 0 atom stereocenters. The fraction of sp³-hybridized carbons (Fsp3) is 0.562. The van der Waals surface area contributed by atoms with Gasteiger partial charge in [0.05, 0.1) is 18.9 Å². The van der Waals surface area contributed by atoms with Crippen LogP contribution in [0.15, 0.2) is 17.4 Å². The molecule has 1 aromatic heterocycles. The summed E-state index contributed by atoms with van der Waals surface area (Å²) in [6, 6.07) is 1.94. The van der Waals surface area contributed by atoms with Crippen molar-refractivity contribution in [2.75, 3.05) is 45.9 Å². The average Bonchev–Trinajstić information content (AvgIpc) is 2.61. The Kier molecular flexibility index (Phi) is 5.60. The summed E-state index contributed by atoms with van der Waals surface area (Å²) in [7, 11) is 0. The zero-order valence-electron chi connectivity index (χ0n) is 13.9. The van der Waals surface area contributed by atoms with E-state index < -0.39 is 0 Å². The number of nitrogens with one attached hydrogen (secondary N) is 1. The van der Waals surface area contributed by atoms with Crippen molar-refractivity contribution in [1.29, 1.82) is 0 Å². The molecule has 0 saturated carbocycles. The molecule has 0 aliphatic carbocycles. The fourth-order valence-electron chi connectivity index (χ4n) is 2.91. The first kappa shape index (κ1) is 17.1. The van der Waals surface area contributed by atoms with Crippen molar-refractivity contribution in [3.05, 3.63) is 23.5 Å². The number of nitrogens with zero attached hydrogens (tertiary/aromatic N) is 4. The van der Waals surface area contributed by atoms with Crippen molar-refractivity contribution < 1.29 is 9.84 Å². The molecule has 0 radical (unpaired) electrons. The minimum atomic E-state index is 0.199. The van der Waals surface area contributed by atoms with Crippen LogP contribution in [-0.2, 0) is 0 Å². The highest BCUT2D eigenvalue weighted by atomic mass is 32.1. The molecule has 2 aliphatic rings. The van der Waals surface area contributed by atoms with Crippen LogP contribution in [0, 0.1) is 6.92 Å². The number of hydrazone groups is 1. The van der Waals surface area contributed by atoms with E-state index in [-0.39, 0.29) is 6.61 Å². The van der Waals surface area contributed by atoms with E-state index in [1.54, 1.807) is 6.20 Å². The average molecular weight is 349 g/mol. The lowest BCUT2D eigenvalue weighted by molar-refractivity contribution is 0.146. The number of hydrogen-bond acceptors (Lipinski definition) is 6. The highest BCUT2D eigenvalue weighted by Gasteiger charge is 2.21. The number of β-amino-alcohol motifs (C(OH)–C–C–N with tert-alkyl or cyclic N) is 1. The Labute approximate surface area is 147 Å². The summed E-state index contributed by atoms with van der Waals surface area (Å²) in [4.78, 5) is 8.74. The maximum atomic E-state index is 8.99. The Bertz CT molecular complexity index is 629. The summed E-state index contributed by atoms with van der Waals surface area (Å²) in [6.07, 6.45) is 2.49. The number of hydrogen-bond donors (Lipinski definition) is 2. The molecule has 2 aliphatic heterocycles. The smallest absolute Gasteiger partial charge is 0.189 e. The zero-order chi connectivity index (χ0) is 16.9. The molecular weight excluding hydrogens is 326 g/mol. The lowest BCUT2D eigenvalue weighted by Gasteiger charge is -2.35. The molecule has 0 aromatic carbocycles. The van der Waals surface area contributed by atoms with E-state index in [4.69, 9.17) is 22.1 Å². The number of thiocarbonyl (C=S) groups is 1. The third-order valence-corrected chi connectivity index (χ3v) is 4.67. The number of aryl methyl sites for hydroxylation is 1. The highest BCUT2D eigenvalue weighted by molar-refractivity contribution is 7.80. The van der Waals surface area contributed by atoms with Crippen molar-refractivity contribution in [3.8, 4) is 5.75 Å². The van der Waals surface area contributed by atoms with Crippen LogP contribution in [0.25, 0.3) is 0 Å². The second-order valence-corrected chi connectivity index (χ2v) is 6.32. The quantitative estimate of drug-likeness (QED) is 0.603. The van der Waals surface area contributed by atoms with E-state index in [0.717, 1.165) is 55.4 Å². The van der Waals surface area contributed by atoms with Crippen LogP contribution in [-0.4, -0.2) is 76.7 Å². The predicted molar refractivity (Wildman–Crippen MR) is 96.5 cm³/mol. The molecule has 7 nitrogen and oxygen atoms in total. The van der Waals surface area contributed by atoms with Gasteiger partial charge >= 0.3 is 0 Å². The van der Waals surface area contributed by atoms with E-state index in [1.807, 2.05) is 13.0 Å². The van der Waals surface area contributed by atoms with Gasteiger partial charge in [0.2, 0.25) is 0 Å². The second-order valence-electron chi connectivity index (χ2n) is 5.93. The Hall–Kier alpha value is -1.77. The van der Waals surface area contributed by atoms with Gasteiger partial charge in [0.1, 0.15) is 11.4 Å². The first-order valence-corrected chi connectivity index (χ1v) is 8.63.